The van der Waals surface area contributed by atoms with Gasteiger partial charge < -0.3 is 9.84 Å². The zero-order valence-corrected chi connectivity index (χ0v) is 14.9. The number of hydrogen-bond donors (Lipinski definition) is 1. The molecule has 0 fully saturated rings. The third-order valence-electron chi connectivity index (χ3n) is 4.35. The number of carboxylic acids is 1. The molecule has 0 radical (unpaired) electrons. The highest BCUT2D eigenvalue weighted by Crippen LogP contribution is 2.30. The van der Waals surface area contributed by atoms with Gasteiger partial charge in [0, 0.05) is 7.05 Å². The second-order valence-corrected chi connectivity index (χ2v) is 6.35. The summed E-state index contributed by atoms with van der Waals surface area (Å²) in [4.78, 5) is 25.6. The molecule has 0 aromatic heterocycles. The van der Waals surface area contributed by atoms with E-state index in [0.29, 0.717) is 5.56 Å². The zero-order chi connectivity index (χ0) is 18.6. The smallest absolute Gasteiger partial charge is 0.411 e. The van der Waals surface area contributed by atoms with Crippen molar-refractivity contribution < 1.29 is 19.4 Å². The summed E-state index contributed by atoms with van der Waals surface area (Å²) < 4.78 is 5.29. The van der Waals surface area contributed by atoms with E-state index >= 15 is 0 Å². The quantitative estimate of drug-likeness (QED) is 0.896. The second-order valence-electron chi connectivity index (χ2n) is 6.35. The van der Waals surface area contributed by atoms with Crippen molar-refractivity contribution in [2.24, 2.45) is 0 Å². The molecule has 1 unspecified atom stereocenters. The average Bonchev–Trinajstić information content (AvgIpc) is 2.58. The van der Waals surface area contributed by atoms with Gasteiger partial charge in [0.05, 0.1) is 0 Å². The number of amides is 1. The predicted octanol–water partition coefficient (Wildman–Crippen LogP) is 3.87. The van der Waals surface area contributed by atoms with Crippen LogP contribution in [-0.2, 0) is 21.7 Å². The summed E-state index contributed by atoms with van der Waals surface area (Å²) in [6.45, 7) is 5.39. The fourth-order valence-electron chi connectivity index (χ4n) is 2.72. The van der Waals surface area contributed by atoms with Crippen molar-refractivity contribution in [3.8, 4) is 0 Å². The number of aliphatic carboxylic acids is 1. The summed E-state index contributed by atoms with van der Waals surface area (Å²) in [7, 11) is 1.44. The Morgan fingerprint density at radius 2 is 1.64 bits per heavy atom. The predicted molar refractivity (Wildman–Crippen MR) is 95.3 cm³/mol. The summed E-state index contributed by atoms with van der Waals surface area (Å²) in [5, 5.41) is 9.82. The lowest BCUT2D eigenvalue weighted by molar-refractivity contribution is -0.149. The van der Waals surface area contributed by atoms with Crippen molar-refractivity contribution >= 4 is 12.1 Å². The van der Waals surface area contributed by atoms with Crippen LogP contribution in [0.5, 0.6) is 0 Å². The molecule has 0 aliphatic rings. The Hall–Kier alpha value is -2.82. The number of hydrogen-bond acceptors (Lipinski definition) is 3. The lowest BCUT2D eigenvalue weighted by atomic mass is 9.88. The molecule has 0 bridgehead atoms. The molecule has 1 amide bonds. The van der Waals surface area contributed by atoms with E-state index in [9.17, 15) is 14.7 Å². The molecule has 0 aliphatic heterocycles. The molecule has 5 heteroatoms. The van der Waals surface area contributed by atoms with Crippen molar-refractivity contribution in [2.45, 2.75) is 32.9 Å². The van der Waals surface area contributed by atoms with Gasteiger partial charge in [0.2, 0.25) is 0 Å². The van der Waals surface area contributed by atoms with Gasteiger partial charge in [0.15, 0.2) is 5.54 Å². The first-order valence-electron chi connectivity index (χ1n) is 8.02. The molecular formula is C20H23NO4. The fraction of sp³-hybridized carbons (Fsp3) is 0.300. The topological polar surface area (TPSA) is 66.8 Å². The number of aryl methyl sites for hydroxylation is 2. The van der Waals surface area contributed by atoms with E-state index in [1.54, 1.807) is 12.1 Å². The van der Waals surface area contributed by atoms with Gasteiger partial charge in [-0.15, -0.1) is 0 Å². The molecule has 0 aliphatic carbocycles. The fourth-order valence-corrected chi connectivity index (χ4v) is 2.72. The highest BCUT2D eigenvalue weighted by atomic mass is 16.6. The van der Waals surface area contributed by atoms with Gasteiger partial charge in [0.1, 0.15) is 6.61 Å². The first-order chi connectivity index (χ1) is 11.7. The minimum atomic E-state index is -1.52. The van der Waals surface area contributed by atoms with E-state index < -0.39 is 17.6 Å². The van der Waals surface area contributed by atoms with Crippen molar-refractivity contribution in [1.82, 2.24) is 4.90 Å². The largest absolute Gasteiger partial charge is 0.479 e. The molecule has 0 saturated heterocycles. The molecule has 0 spiro atoms. The molecule has 5 nitrogen and oxygen atoms in total. The first kappa shape index (κ1) is 18.5. The summed E-state index contributed by atoms with van der Waals surface area (Å²) in [6, 6.07) is 14.8. The van der Waals surface area contributed by atoms with Gasteiger partial charge in [-0.3, -0.25) is 4.90 Å². The van der Waals surface area contributed by atoms with Crippen LogP contribution in [-0.4, -0.2) is 29.1 Å². The lowest BCUT2D eigenvalue weighted by Gasteiger charge is -2.35. The Kier molecular flexibility index (Phi) is 5.47. The van der Waals surface area contributed by atoms with Gasteiger partial charge in [-0.05, 0) is 31.9 Å². The third-order valence-corrected chi connectivity index (χ3v) is 4.35. The maximum atomic E-state index is 12.5. The summed E-state index contributed by atoms with van der Waals surface area (Å²) >= 11 is 0. The van der Waals surface area contributed by atoms with E-state index in [1.807, 2.05) is 50.2 Å². The van der Waals surface area contributed by atoms with Gasteiger partial charge in [-0.1, -0.05) is 59.7 Å². The number of nitrogens with zero attached hydrogens (tertiary/aromatic N) is 1. The number of carbonyl (C=O) groups is 2. The maximum absolute atomic E-state index is 12.5. The molecule has 1 atom stereocenters. The molecule has 132 valence electrons. The van der Waals surface area contributed by atoms with Gasteiger partial charge in [-0.25, -0.2) is 9.59 Å². The molecular weight excluding hydrogens is 318 g/mol. The monoisotopic (exact) mass is 341 g/mol. The summed E-state index contributed by atoms with van der Waals surface area (Å²) in [5.74, 6) is -1.11. The van der Waals surface area contributed by atoms with Crippen molar-refractivity contribution in [3.05, 3.63) is 70.8 Å². The average molecular weight is 341 g/mol. The summed E-state index contributed by atoms with van der Waals surface area (Å²) in [6.07, 6.45) is -0.687. The minimum Gasteiger partial charge on any atom is -0.479 e. The number of carboxylic acid groups (broad SMARTS) is 1. The SMILES string of the molecule is Cc1cc(C)cc(C(C)(C(=O)O)N(C)C(=O)OCc2ccccc2)c1. The number of likely N-dealkylation sites (N-methyl/N-ethyl adjacent to an activating group) is 1. The van der Waals surface area contributed by atoms with E-state index in [2.05, 4.69) is 0 Å². The van der Waals surface area contributed by atoms with Gasteiger partial charge >= 0.3 is 12.1 Å². The van der Waals surface area contributed by atoms with Gasteiger partial charge in [-0.2, -0.15) is 0 Å². The van der Waals surface area contributed by atoms with Crippen LogP contribution < -0.4 is 0 Å². The Balaban J connectivity index is 2.26. The molecule has 2 rings (SSSR count). The Labute approximate surface area is 147 Å². The molecule has 0 saturated carbocycles. The lowest BCUT2D eigenvalue weighted by Crippen LogP contribution is -2.50. The number of ether oxygens (including phenoxy) is 1. The minimum absolute atomic E-state index is 0.0898. The van der Waals surface area contributed by atoms with Crippen molar-refractivity contribution in [3.63, 3.8) is 0 Å². The van der Waals surface area contributed by atoms with Gasteiger partial charge in [0.25, 0.3) is 0 Å². The molecule has 1 N–H and O–H groups in total. The van der Waals surface area contributed by atoms with Crippen molar-refractivity contribution in [2.75, 3.05) is 7.05 Å². The maximum Gasteiger partial charge on any atom is 0.411 e. The molecule has 0 heterocycles. The first-order valence-corrected chi connectivity index (χ1v) is 8.02. The van der Waals surface area contributed by atoms with Crippen LogP contribution in [0.1, 0.15) is 29.2 Å². The van der Waals surface area contributed by atoms with Crippen LogP contribution >= 0.6 is 0 Å². The normalized spacial score (nSPS) is 13.0. The van der Waals surface area contributed by atoms with Crippen LogP contribution in [0.3, 0.4) is 0 Å². The summed E-state index contributed by atoms with van der Waals surface area (Å²) in [5.41, 5.74) is 1.73. The van der Waals surface area contributed by atoms with Crippen LogP contribution in [0.4, 0.5) is 4.79 Å². The number of rotatable bonds is 5. The zero-order valence-electron chi connectivity index (χ0n) is 14.9. The van der Waals surface area contributed by atoms with Crippen LogP contribution in [0.2, 0.25) is 0 Å². The Bertz CT molecular complexity index is 752. The third kappa shape index (κ3) is 3.99. The number of benzene rings is 2. The standard InChI is InChI=1S/C20H23NO4/c1-14-10-15(2)12-17(11-14)20(3,18(22)23)21(4)19(24)25-13-16-8-6-5-7-9-16/h5-12H,13H2,1-4H3,(H,22,23). The van der Waals surface area contributed by atoms with Crippen molar-refractivity contribution in [1.29, 1.82) is 0 Å². The van der Waals surface area contributed by atoms with E-state index in [4.69, 9.17) is 4.74 Å². The van der Waals surface area contributed by atoms with E-state index in [1.165, 1.54) is 14.0 Å². The second kappa shape index (κ2) is 7.38. The molecule has 2 aromatic carbocycles. The Morgan fingerprint density at radius 3 is 2.16 bits per heavy atom. The van der Waals surface area contributed by atoms with E-state index in [-0.39, 0.29) is 6.61 Å². The van der Waals surface area contributed by atoms with Crippen LogP contribution in [0, 0.1) is 13.8 Å². The van der Waals surface area contributed by atoms with Crippen LogP contribution in [0.25, 0.3) is 0 Å². The van der Waals surface area contributed by atoms with E-state index in [0.717, 1.165) is 21.6 Å². The number of carbonyl (C=O) groups excluding carboxylic acids is 1. The highest BCUT2D eigenvalue weighted by molar-refractivity contribution is 5.85. The molecule has 25 heavy (non-hydrogen) atoms. The van der Waals surface area contributed by atoms with Crippen LogP contribution in [0.15, 0.2) is 48.5 Å². The Morgan fingerprint density at radius 1 is 1.08 bits per heavy atom. The highest BCUT2D eigenvalue weighted by Gasteiger charge is 2.43. The molecule has 2 aromatic rings.